The molecular formula is C19H20N6. The SMILES string of the molecule is Cc1ccn2c(C)c([C@@H]3C[C@H]3c3nc4c(C)ncc(C)n4n3)nc2c1. The second kappa shape index (κ2) is 4.88. The third kappa shape index (κ3) is 2.10. The van der Waals surface area contributed by atoms with Gasteiger partial charge in [0.1, 0.15) is 5.65 Å². The molecule has 4 aromatic rings. The largest absolute Gasteiger partial charge is 0.304 e. The van der Waals surface area contributed by atoms with Crippen molar-refractivity contribution in [3.63, 3.8) is 0 Å². The van der Waals surface area contributed by atoms with Crippen LogP contribution in [0.3, 0.4) is 0 Å². The average Bonchev–Trinajstić information content (AvgIpc) is 3.12. The Morgan fingerprint density at radius 3 is 2.72 bits per heavy atom. The van der Waals surface area contributed by atoms with Gasteiger partial charge in [-0.05, 0) is 51.8 Å². The molecule has 1 saturated carbocycles. The topological polar surface area (TPSA) is 60.4 Å². The van der Waals surface area contributed by atoms with Gasteiger partial charge in [-0.25, -0.2) is 14.5 Å². The second-order valence-electron chi connectivity index (χ2n) is 7.15. The van der Waals surface area contributed by atoms with Gasteiger partial charge in [-0.3, -0.25) is 4.98 Å². The van der Waals surface area contributed by atoms with Crippen molar-refractivity contribution in [1.29, 1.82) is 0 Å². The van der Waals surface area contributed by atoms with Crippen LogP contribution < -0.4 is 0 Å². The fourth-order valence-electron chi connectivity index (χ4n) is 3.69. The van der Waals surface area contributed by atoms with Gasteiger partial charge < -0.3 is 4.40 Å². The molecule has 0 bridgehead atoms. The molecule has 0 N–H and O–H groups in total. The zero-order valence-corrected chi connectivity index (χ0v) is 14.9. The van der Waals surface area contributed by atoms with Gasteiger partial charge in [0, 0.05) is 29.9 Å². The average molecular weight is 332 g/mol. The van der Waals surface area contributed by atoms with Crippen LogP contribution >= 0.6 is 0 Å². The minimum atomic E-state index is 0.350. The molecule has 4 aromatic heterocycles. The van der Waals surface area contributed by atoms with E-state index in [2.05, 4.69) is 41.6 Å². The standard InChI is InChI=1S/C19H20N6/c1-10-5-6-24-13(4)17(21-16(24)7-10)14-8-15(14)18-22-19-12(3)20-9-11(2)25(19)23-18/h5-7,9,14-15H,8H2,1-4H3/t14-,15-/m1/s1. The van der Waals surface area contributed by atoms with Gasteiger partial charge in [0.2, 0.25) is 0 Å². The summed E-state index contributed by atoms with van der Waals surface area (Å²) in [6.07, 6.45) is 5.02. The summed E-state index contributed by atoms with van der Waals surface area (Å²) in [7, 11) is 0. The molecule has 0 aliphatic heterocycles. The normalized spacial score (nSPS) is 19.8. The summed E-state index contributed by atoms with van der Waals surface area (Å²) >= 11 is 0. The highest BCUT2D eigenvalue weighted by Crippen LogP contribution is 2.54. The molecule has 0 amide bonds. The van der Waals surface area contributed by atoms with E-state index in [9.17, 15) is 0 Å². The van der Waals surface area contributed by atoms with E-state index in [-0.39, 0.29) is 0 Å². The molecular weight excluding hydrogens is 312 g/mol. The number of hydrogen-bond donors (Lipinski definition) is 0. The lowest BCUT2D eigenvalue weighted by Crippen LogP contribution is -1.97. The summed E-state index contributed by atoms with van der Waals surface area (Å²) < 4.78 is 4.08. The van der Waals surface area contributed by atoms with E-state index in [4.69, 9.17) is 15.1 Å². The van der Waals surface area contributed by atoms with Gasteiger partial charge in [0.25, 0.3) is 0 Å². The van der Waals surface area contributed by atoms with Crippen LogP contribution in [0.15, 0.2) is 24.5 Å². The third-order valence-electron chi connectivity index (χ3n) is 5.26. The molecule has 5 rings (SSSR count). The van der Waals surface area contributed by atoms with Gasteiger partial charge in [-0.1, -0.05) is 0 Å². The highest BCUT2D eigenvalue weighted by molar-refractivity contribution is 5.49. The van der Waals surface area contributed by atoms with E-state index in [0.717, 1.165) is 34.9 Å². The Labute approximate surface area is 145 Å². The molecule has 6 nitrogen and oxygen atoms in total. The van der Waals surface area contributed by atoms with E-state index in [0.29, 0.717) is 11.8 Å². The highest BCUT2D eigenvalue weighted by Gasteiger charge is 2.45. The van der Waals surface area contributed by atoms with Crippen LogP contribution in [0.25, 0.3) is 11.3 Å². The summed E-state index contributed by atoms with van der Waals surface area (Å²) in [6, 6.07) is 4.26. The fourth-order valence-corrected chi connectivity index (χ4v) is 3.69. The molecule has 0 unspecified atom stereocenters. The molecule has 1 fully saturated rings. The van der Waals surface area contributed by atoms with Crippen LogP contribution in [0.4, 0.5) is 0 Å². The highest BCUT2D eigenvalue weighted by atomic mass is 15.3. The summed E-state index contributed by atoms with van der Waals surface area (Å²) in [5.41, 5.74) is 7.45. The Morgan fingerprint density at radius 2 is 1.92 bits per heavy atom. The number of fused-ring (bicyclic) bond motifs is 2. The van der Waals surface area contributed by atoms with Crippen LogP contribution in [0.5, 0.6) is 0 Å². The van der Waals surface area contributed by atoms with Gasteiger partial charge in [0.15, 0.2) is 11.5 Å². The van der Waals surface area contributed by atoms with Crippen LogP contribution in [0.2, 0.25) is 0 Å². The third-order valence-corrected chi connectivity index (χ3v) is 5.26. The molecule has 6 heteroatoms. The van der Waals surface area contributed by atoms with Crippen molar-refractivity contribution in [2.24, 2.45) is 0 Å². The maximum atomic E-state index is 4.89. The van der Waals surface area contributed by atoms with Crippen molar-refractivity contribution in [1.82, 2.24) is 29.0 Å². The molecule has 0 saturated heterocycles. The molecule has 2 atom stereocenters. The maximum absolute atomic E-state index is 4.89. The van der Waals surface area contributed by atoms with Gasteiger partial charge in [-0.15, -0.1) is 0 Å². The van der Waals surface area contributed by atoms with Crippen molar-refractivity contribution < 1.29 is 0 Å². The predicted octanol–water partition coefficient (Wildman–Crippen LogP) is 3.28. The van der Waals surface area contributed by atoms with Gasteiger partial charge in [-0.2, -0.15) is 5.10 Å². The Hall–Kier alpha value is -2.76. The number of aromatic nitrogens is 6. The first-order chi connectivity index (χ1) is 12.0. The zero-order valence-electron chi connectivity index (χ0n) is 14.9. The molecule has 25 heavy (non-hydrogen) atoms. The molecule has 0 spiro atoms. The lowest BCUT2D eigenvalue weighted by atomic mass is 10.2. The minimum Gasteiger partial charge on any atom is -0.304 e. The Bertz CT molecular complexity index is 1100. The molecule has 1 aliphatic rings. The summed E-state index contributed by atoms with van der Waals surface area (Å²) in [4.78, 5) is 14.0. The summed E-state index contributed by atoms with van der Waals surface area (Å²) in [5.74, 6) is 1.67. The van der Waals surface area contributed by atoms with Crippen LogP contribution in [0, 0.1) is 27.7 Å². The lowest BCUT2D eigenvalue weighted by molar-refractivity contribution is 0.827. The maximum Gasteiger partial charge on any atom is 0.177 e. The predicted molar refractivity (Wildman–Crippen MR) is 95.0 cm³/mol. The Morgan fingerprint density at radius 1 is 1.08 bits per heavy atom. The Kier molecular flexibility index (Phi) is 2.84. The van der Waals surface area contributed by atoms with E-state index >= 15 is 0 Å². The lowest BCUT2D eigenvalue weighted by Gasteiger charge is -1.98. The molecule has 126 valence electrons. The van der Waals surface area contributed by atoms with Crippen molar-refractivity contribution in [2.75, 3.05) is 0 Å². The van der Waals surface area contributed by atoms with E-state index in [1.165, 1.54) is 17.0 Å². The summed E-state index contributed by atoms with van der Waals surface area (Å²) in [6.45, 7) is 8.24. The number of imidazole rings is 1. The van der Waals surface area contributed by atoms with Gasteiger partial charge >= 0.3 is 0 Å². The van der Waals surface area contributed by atoms with Crippen LogP contribution in [0.1, 0.15) is 52.4 Å². The fraction of sp³-hybridized carbons (Fsp3) is 0.368. The summed E-state index contributed by atoms with van der Waals surface area (Å²) in [5, 5.41) is 4.74. The van der Waals surface area contributed by atoms with E-state index in [1.54, 1.807) is 0 Å². The molecule has 1 aliphatic carbocycles. The van der Waals surface area contributed by atoms with Crippen LogP contribution in [-0.2, 0) is 0 Å². The quantitative estimate of drug-likeness (QED) is 0.565. The monoisotopic (exact) mass is 332 g/mol. The number of aryl methyl sites for hydroxylation is 4. The minimum absolute atomic E-state index is 0.350. The Balaban J connectivity index is 1.54. The number of nitrogens with zero attached hydrogens (tertiary/aromatic N) is 6. The van der Waals surface area contributed by atoms with Crippen molar-refractivity contribution in [3.05, 3.63) is 58.7 Å². The molecule has 0 aromatic carbocycles. The van der Waals surface area contributed by atoms with E-state index in [1.807, 2.05) is 24.6 Å². The smallest absolute Gasteiger partial charge is 0.177 e. The molecule has 4 heterocycles. The molecule has 0 radical (unpaired) electrons. The van der Waals surface area contributed by atoms with Crippen molar-refractivity contribution in [3.8, 4) is 0 Å². The van der Waals surface area contributed by atoms with Crippen LogP contribution in [-0.4, -0.2) is 29.0 Å². The first-order valence-electron chi connectivity index (χ1n) is 8.67. The number of rotatable bonds is 2. The zero-order chi connectivity index (χ0) is 17.3. The number of hydrogen-bond acceptors (Lipinski definition) is 4. The number of pyridine rings is 1. The van der Waals surface area contributed by atoms with Crippen molar-refractivity contribution in [2.45, 2.75) is 46.0 Å². The first kappa shape index (κ1) is 14.6. The second-order valence-corrected chi connectivity index (χ2v) is 7.15. The van der Waals surface area contributed by atoms with Gasteiger partial charge in [0.05, 0.1) is 17.1 Å². The van der Waals surface area contributed by atoms with E-state index < -0.39 is 0 Å². The van der Waals surface area contributed by atoms with Crippen molar-refractivity contribution >= 4 is 11.3 Å². The first-order valence-corrected chi connectivity index (χ1v) is 8.67.